The fourth-order valence-corrected chi connectivity index (χ4v) is 3.28. The second-order valence-electron chi connectivity index (χ2n) is 6.75. The summed E-state index contributed by atoms with van der Waals surface area (Å²) in [6, 6.07) is 10.3. The number of benzene rings is 1. The molecule has 2 aromatic rings. The zero-order chi connectivity index (χ0) is 19.1. The number of fused-ring (bicyclic) bond motifs is 1. The lowest BCUT2D eigenvalue weighted by Gasteiger charge is -2.28. The number of carbonyl (C=O) groups excluding carboxylic acids is 1. The summed E-state index contributed by atoms with van der Waals surface area (Å²) in [6.07, 6.45) is 5.99. The molecule has 1 aromatic carbocycles. The number of aryl methyl sites for hydroxylation is 1. The van der Waals surface area contributed by atoms with Crippen LogP contribution < -0.4 is 0 Å². The highest BCUT2D eigenvalue weighted by molar-refractivity contribution is 5.96. The zero-order valence-electron chi connectivity index (χ0n) is 15.8. The quantitative estimate of drug-likeness (QED) is 0.706. The van der Waals surface area contributed by atoms with E-state index in [4.69, 9.17) is 10.00 Å². The monoisotopic (exact) mass is 366 g/mol. The molecule has 1 aliphatic rings. The van der Waals surface area contributed by atoms with Crippen LogP contribution in [0.15, 0.2) is 36.5 Å². The number of ether oxygens (including phenoxy) is 1. The lowest BCUT2D eigenvalue weighted by atomic mass is 10.1. The number of nitriles is 1. The summed E-state index contributed by atoms with van der Waals surface area (Å²) in [7, 11) is 1.84. The maximum Gasteiger partial charge on any atom is 0.246 e. The van der Waals surface area contributed by atoms with Gasteiger partial charge in [0, 0.05) is 68.5 Å². The minimum Gasteiger partial charge on any atom is -0.379 e. The Labute approximate surface area is 160 Å². The molecule has 1 amide bonds. The van der Waals surface area contributed by atoms with Crippen LogP contribution in [0.5, 0.6) is 0 Å². The minimum atomic E-state index is -0.00267. The zero-order valence-corrected chi connectivity index (χ0v) is 15.8. The standard InChI is InChI=1S/C21H26N4O2/c1-23(11-12-24-13-15-27-16-14-24)21(26)8-7-18-17-25(10-4-9-22)20-6-3-2-5-19(18)20/h2-3,5-8,17H,4,10-16H2,1H3/b8-7+. The molecule has 0 saturated carbocycles. The summed E-state index contributed by atoms with van der Waals surface area (Å²) < 4.78 is 7.42. The molecule has 3 rings (SSSR count). The van der Waals surface area contributed by atoms with Gasteiger partial charge in [0.15, 0.2) is 0 Å². The molecule has 27 heavy (non-hydrogen) atoms. The number of aromatic nitrogens is 1. The molecule has 0 radical (unpaired) electrons. The van der Waals surface area contributed by atoms with Gasteiger partial charge in [0.2, 0.25) is 5.91 Å². The Hall–Kier alpha value is -2.62. The van der Waals surface area contributed by atoms with Gasteiger partial charge in [-0.1, -0.05) is 18.2 Å². The molecule has 6 nitrogen and oxygen atoms in total. The number of rotatable bonds is 7. The van der Waals surface area contributed by atoms with E-state index in [1.807, 2.05) is 43.6 Å². The summed E-state index contributed by atoms with van der Waals surface area (Å²) in [6.45, 7) is 5.62. The van der Waals surface area contributed by atoms with Crippen molar-refractivity contribution in [2.45, 2.75) is 13.0 Å². The van der Waals surface area contributed by atoms with E-state index in [2.05, 4.69) is 15.5 Å². The molecule has 0 atom stereocenters. The van der Waals surface area contributed by atoms with Crippen molar-refractivity contribution in [2.24, 2.45) is 0 Å². The molecular formula is C21H26N4O2. The second-order valence-corrected chi connectivity index (χ2v) is 6.75. The van der Waals surface area contributed by atoms with E-state index in [0.717, 1.165) is 49.3 Å². The van der Waals surface area contributed by atoms with Gasteiger partial charge in [0.25, 0.3) is 0 Å². The summed E-state index contributed by atoms with van der Waals surface area (Å²) in [5.74, 6) is -0.00267. The molecule has 1 saturated heterocycles. The molecule has 0 spiro atoms. The van der Waals surface area contributed by atoms with E-state index < -0.39 is 0 Å². The lowest BCUT2D eigenvalue weighted by Crippen LogP contribution is -2.41. The van der Waals surface area contributed by atoms with Gasteiger partial charge in [-0.3, -0.25) is 9.69 Å². The Balaban J connectivity index is 1.64. The van der Waals surface area contributed by atoms with E-state index in [9.17, 15) is 4.79 Å². The maximum absolute atomic E-state index is 12.5. The van der Waals surface area contributed by atoms with Crippen molar-refractivity contribution in [3.8, 4) is 6.07 Å². The molecule has 0 unspecified atom stereocenters. The molecule has 1 aromatic heterocycles. The number of amides is 1. The van der Waals surface area contributed by atoms with Crippen LogP contribution in [0.3, 0.4) is 0 Å². The van der Waals surface area contributed by atoms with Crippen molar-refractivity contribution in [2.75, 3.05) is 46.4 Å². The van der Waals surface area contributed by atoms with Gasteiger partial charge in [0.05, 0.1) is 25.7 Å². The third-order valence-corrected chi connectivity index (χ3v) is 4.92. The van der Waals surface area contributed by atoms with Crippen molar-refractivity contribution in [3.63, 3.8) is 0 Å². The number of hydrogen-bond acceptors (Lipinski definition) is 4. The fraction of sp³-hybridized carbons (Fsp3) is 0.429. The molecule has 1 aliphatic heterocycles. The summed E-state index contributed by atoms with van der Waals surface area (Å²) in [5, 5.41) is 9.94. The molecule has 0 N–H and O–H groups in total. The number of likely N-dealkylation sites (N-methyl/N-ethyl adjacent to an activating group) is 1. The smallest absolute Gasteiger partial charge is 0.246 e. The average molecular weight is 366 g/mol. The van der Waals surface area contributed by atoms with Crippen molar-refractivity contribution in [1.29, 1.82) is 5.26 Å². The minimum absolute atomic E-state index is 0.00267. The second kappa shape index (κ2) is 9.36. The molecule has 0 bridgehead atoms. The molecule has 2 heterocycles. The van der Waals surface area contributed by atoms with Gasteiger partial charge in [-0.05, 0) is 12.1 Å². The van der Waals surface area contributed by atoms with Crippen LogP contribution in [-0.4, -0.2) is 66.7 Å². The SMILES string of the molecule is CN(CCN1CCOCC1)C(=O)/C=C/c1cn(CCC#N)c2ccccc12. The van der Waals surface area contributed by atoms with Crippen molar-refractivity contribution < 1.29 is 9.53 Å². The van der Waals surface area contributed by atoms with Gasteiger partial charge in [-0.25, -0.2) is 0 Å². The summed E-state index contributed by atoms with van der Waals surface area (Å²) in [5.41, 5.74) is 2.08. The number of nitrogens with zero attached hydrogens (tertiary/aromatic N) is 4. The highest BCUT2D eigenvalue weighted by atomic mass is 16.5. The van der Waals surface area contributed by atoms with Crippen LogP contribution in [0, 0.1) is 11.3 Å². The van der Waals surface area contributed by atoms with Crippen LogP contribution in [0.25, 0.3) is 17.0 Å². The first-order valence-corrected chi connectivity index (χ1v) is 9.37. The van der Waals surface area contributed by atoms with Crippen molar-refractivity contribution in [3.05, 3.63) is 42.1 Å². The molecule has 142 valence electrons. The fourth-order valence-electron chi connectivity index (χ4n) is 3.28. The van der Waals surface area contributed by atoms with Crippen LogP contribution in [0.4, 0.5) is 0 Å². The highest BCUT2D eigenvalue weighted by Gasteiger charge is 2.12. The molecular weight excluding hydrogens is 340 g/mol. The first kappa shape index (κ1) is 19.2. The van der Waals surface area contributed by atoms with Gasteiger partial charge in [-0.2, -0.15) is 5.26 Å². The van der Waals surface area contributed by atoms with Crippen LogP contribution in [0.1, 0.15) is 12.0 Å². The number of morpholine rings is 1. The summed E-state index contributed by atoms with van der Waals surface area (Å²) >= 11 is 0. The molecule has 6 heteroatoms. The van der Waals surface area contributed by atoms with Gasteiger partial charge in [0.1, 0.15) is 0 Å². The predicted octanol–water partition coefficient (Wildman–Crippen LogP) is 2.36. The largest absolute Gasteiger partial charge is 0.379 e. The van der Waals surface area contributed by atoms with E-state index >= 15 is 0 Å². The van der Waals surface area contributed by atoms with Gasteiger partial charge in [-0.15, -0.1) is 0 Å². The Morgan fingerprint density at radius 2 is 2.07 bits per heavy atom. The topological polar surface area (TPSA) is 61.5 Å². The number of para-hydroxylation sites is 1. The van der Waals surface area contributed by atoms with E-state index in [1.54, 1.807) is 11.0 Å². The lowest BCUT2D eigenvalue weighted by molar-refractivity contribution is -0.125. The predicted molar refractivity (Wildman–Crippen MR) is 106 cm³/mol. The van der Waals surface area contributed by atoms with Gasteiger partial charge < -0.3 is 14.2 Å². The van der Waals surface area contributed by atoms with Gasteiger partial charge >= 0.3 is 0 Å². The average Bonchev–Trinajstić information content (AvgIpc) is 3.07. The Morgan fingerprint density at radius 3 is 2.85 bits per heavy atom. The van der Waals surface area contributed by atoms with Crippen LogP contribution >= 0.6 is 0 Å². The van der Waals surface area contributed by atoms with E-state index in [1.165, 1.54) is 0 Å². The first-order valence-electron chi connectivity index (χ1n) is 9.37. The Morgan fingerprint density at radius 1 is 1.30 bits per heavy atom. The van der Waals surface area contributed by atoms with E-state index in [-0.39, 0.29) is 5.91 Å². The Kier molecular flexibility index (Phi) is 6.64. The normalized spacial score (nSPS) is 15.3. The molecule has 0 aliphatic carbocycles. The maximum atomic E-state index is 12.5. The van der Waals surface area contributed by atoms with E-state index in [0.29, 0.717) is 19.5 Å². The highest BCUT2D eigenvalue weighted by Crippen LogP contribution is 2.22. The van der Waals surface area contributed by atoms with Crippen LogP contribution in [0.2, 0.25) is 0 Å². The Bertz CT molecular complexity index is 843. The summed E-state index contributed by atoms with van der Waals surface area (Å²) in [4.78, 5) is 16.5. The number of hydrogen-bond donors (Lipinski definition) is 0. The van der Waals surface area contributed by atoms with Crippen molar-refractivity contribution >= 4 is 22.9 Å². The van der Waals surface area contributed by atoms with Crippen LogP contribution in [-0.2, 0) is 16.1 Å². The number of carbonyl (C=O) groups is 1. The third-order valence-electron chi connectivity index (χ3n) is 4.92. The third kappa shape index (κ3) is 4.97. The first-order chi connectivity index (χ1) is 13.2. The van der Waals surface area contributed by atoms with Crippen molar-refractivity contribution in [1.82, 2.24) is 14.4 Å². The molecule has 1 fully saturated rings.